The molecule has 1 aromatic heterocycles. The van der Waals surface area contributed by atoms with Crippen LogP contribution in [0.4, 0.5) is 0 Å². The minimum atomic E-state index is 0.195. The van der Waals surface area contributed by atoms with E-state index in [0.717, 1.165) is 66.3 Å². The van der Waals surface area contributed by atoms with E-state index >= 15 is 0 Å². The minimum Gasteiger partial charge on any atom is -0.468 e. The number of hydrogen-bond acceptors (Lipinski definition) is 7. The Morgan fingerprint density at radius 3 is 2.81 bits per heavy atom. The molecule has 3 heterocycles. The van der Waals surface area contributed by atoms with E-state index < -0.39 is 0 Å². The SMILES string of the molecule is COCOc1cccc(C2=C(C)CCc3cc(C=O)cnc3C(N3CCOCC3)=N2)c1. The van der Waals surface area contributed by atoms with Gasteiger partial charge < -0.3 is 19.1 Å². The molecule has 0 atom stereocenters. The number of allylic oxidation sites excluding steroid dienone is 1. The molecule has 0 spiro atoms. The Labute approximate surface area is 182 Å². The highest BCUT2D eigenvalue weighted by atomic mass is 16.7. The van der Waals surface area contributed by atoms with E-state index in [-0.39, 0.29) is 6.79 Å². The number of carbonyl (C=O) groups is 1. The highest BCUT2D eigenvalue weighted by Gasteiger charge is 2.24. The van der Waals surface area contributed by atoms with Gasteiger partial charge in [-0.1, -0.05) is 12.1 Å². The molecule has 7 heteroatoms. The standard InChI is InChI=1S/C24H27N3O4/c1-17-6-7-20-12-18(15-28)14-25-23(20)24(27-8-10-30-11-9-27)26-22(17)19-4-3-5-21(13-19)31-16-29-2/h3-5,12-15H,6-11,16H2,1-2H3. The number of aromatic nitrogens is 1. The summed E-state index contributed by atoms with van der Waals surface area (Å²) >= 11 is 0. The van der Waals surface area contributed by atoms with Crippen LogP contribution in [0.3, 0.4) is 0 Å². The number of aliphatic imine (C=N–C) groups is 1. The summed E-state index contributed by atoms with van der Waals surface area (Å²) in [5.74, 6) is 1.56. The molecule has 7 nitrogen and oxygen atoms in total. The average molecular weight is 421 g/mol. The Morgan fingerprint density at radius 2 is 2.03 bits per heavy atom. The average Bonchev–Trinajstić information content (AvgIpc) is 2.81. The number of hydrogen-bond donors (Lipinski definition) is 0. The molecule has 1 aromatic carbocycles. The molecule has 1 fully saturated rings. The second-order valence-corrected chi connectivity index (χ2v) is 7.64. The van der Waals surface area contributed by atoms with E-state index in [9.17, 15) is 4.79 Å². The fraction of sp³-hybridized carbons (Fsp3) is 0.375. The highest BCUT2D eigenvalue weighted by Crippen LogP contribution is 2.30. The molecular weight excluding hydrogens is 394 g/mol. The number of amidine groups is 1. The number of benzene rings is 1. The van der Waals surface area contributed by atoms with Crippen LogP contribution in [0, 0.1) is 0 Å². The number of aldehydes is 1. The Hall–Kier alpha value is -3.03. The second-order valence-electron chi connectivity index (χ2n) is 7.64. The van der Waals surface area contributed by atoms with Gasteiger partial charge in [0.15, 0.2) is 18.9 Å². The van der Waals surface area contributed by atoms with Crippen LogP contribution >= 0.6 is 0 Å². The summed E-state index contributed by atoms with van der Waals surface area (Å²) in [4.78, 5) is 23.3. The van der Waals surface area contributed by atoms with Crippen molar-refractivity contribution < 1.29 is 19.0 Å². The molecule has 0 radical (unpaired) electrons. The third kappa shape index (κ3) is 4.84. The number of methoxy groups -OCH3 is 1. The smallest absolute Gasteiger partial charge is 0.188 e. The topological polar surface area (TPSA) is 73.2 Å². The molecule has 0 amide bonds. The lowest BCUT2D eigenvalue weighted by Crippen LogP contribution is -2.42. The first-order chi connectivity index (χ1) is 15.2. The van der Waals surface area contributed by atoms with Crippen LogP contribution in [0.5, 0.6) is 5.75 Å². The Morgan fingerprint density at radius 1 is 1.19 bits per heavy atom. The first kappa shape index (κ1) is 21.2. The largest absolute Gasteiger partial charge is 0.468 e. The molecule has 2 aliphatic rings. The van der Waals surface area contributed by atoms with Crippen molar-refractivity contribution in [1.82, 2.24) is 9.88 Å². The zero-order valence-corrected chi connectivity index (χ0v) is 18.0. The zero-order chi connectivity index (χ0) is 21.6. The van der Waals surface area contributed by atoms with Gasteiger partial charge in [0.25, 0.3) is 0 Å². The minimum absolute atomic E-state index is 0.195. The normalized spacial score (nSPS) is 16.8. The van der Waals surface area contributed by atoms with E-state index in [1.165, 1.54) is 5.57 Å². The number of fused-ring (bicyclic) bond motifs is 1. The maximum atomic E-state index is 11.3. The Balaban J connectivity index is 1.81. The van der Waals surface area contributed by atoms with Gasteiger partial charge >= 0.3 is 0 Å². The van der Waals surface area contributed by atoms with Gasteiger partial charge in [-0.05, 0) is 49.1 Å². The van der Waals surface area contributed by atoms with Gasteiger partial charge in [0.2, 0.25) is 0 Å². The third-order valence-corrected chi connectivity index (χ3v) is 5.49. The van der Waals surface area contributed by atoms with Crippen molar-refractivity contribution in [2.75, 3.05) is 40.2 Å². The van der Waals surface area contributed by atoms with Crippen molar-refractivity contribution in [1.29, 1.82) is 0 Å². The summed E-state index contributed by atoms with van der Waals surface area (Å²) in [6.45, 7) is 5.11. The summed E-state index contributed by atoms with van der Waals surface area (Å²) in [6, 6.07) is 9.84. The van der Waals surface area contributed by atoms with Gasteiger partial charge in [-0.25, -0.2) is 4.99 Å². The summed E-state index contributed by atoms with van der Waals surface area (Å²) in [7, 11) is 1.60. The maximum Gasteiger partial charge on any atom is 0.188 e. The fourth-order valence-electron chi connectivity index (χ4n) is 3.85. The monoisotopic (exact) mass is 421 g/mol. The molecule has 31 heavy (non-hydrogen) atoms. The van der Waals surface area contributed by atoms with Crippen LogP contribution in [0.1, 0.15) is 40.5 Å². The number of morpholine rings is 1. The molecule has 2 aliphatic heterocycles. The molecule has 0 aliphatic carbocycles. The second kappa shape index (κ2) is 9.85. The fourth-order valence-corrected chi connectivity index (χ4v) is 3.85. The highest BCUT2D eigenvalue weighted by molar-refractivity contribution is 6.02. The first-order valence-electron chi connectivity index (χ1n) is 10.5. The van der Waals surface area contributed by atoms with Gasteiger partial charge in [0, 0.05) is 37.5 Å². The molecule has 2 aromatic rings. The van der Waals surface area contributed by atoms with Gasteiger partial charge in [0.05, 0.1) is 18.9 Å². The van der Waals surface area contributed by atoms with E-state index in [2.05, 4.69) is 16.8 Å². The van der Waals surface area contributed by atoms with E-state index in [1.54, 1.807) is 13.3 Å². The van der Waals surface area contributed by atoms with Crippen LogP contribution in [-0.4, -0.2) is 62.2 Å². The summed E-state index contributed by atoms with van der Waals surface area (Å²) in [5.41, 5.74) is 5.57. The van der Waals surface area contributed by atoms with Crippen LogP contribution in [0.25, 0.3) is 5.70 Å². The zero-order valence-electron chi connectivity index (χ0n) is 18.0. The summed E-state index contributed by atoms with van der Waals surface area (Å²) < 4.78 is 16.2. The number of pyridine rings is 1. The van der Waals surface area contributed by atoms with Gasteiger partial charge in [0.1, 0.15) is 11.4 Å². The molecule has 4 rings (SSSR count). The predicted octanol–water partition coefficient (Wildman–Crippen LogP) is 3.33. The number of nitrogens with zero attached hydrogens (tertiary/aromatic N) is 3. The molecule has 0 N–H and O–H groups in total. The van der Waals surface area contributed by atoms with Crippen molar-refractivity contribution >= 4 is 17.8 Å². The van der Waals surface area contributed by atoms with Crippen molar-refractivity contribution in [3.63, 3.8) is 0 Å². The Kier molecular flexibility index (Phi) is 6.74. The lowest BCUT2D eigenvalue weighted by Gasteiger charge is -2.31. The molecule has 0 saturated carbocycles. The van der Waals surface area contributed by atoms with Crippen LogP contribution in [-0.2, 0) is 15.9 Å². The van der Waals surface area contributed by atoms with Crippen molar-refractivity contribution in [2.24, 2.45) is 4.99 Å². The quantitative estimate of drug-likeness (QED) is 0.545. The summed E-state index contributed by atoms with van der Waals surface area (Å²) in [5, 5.41) is 0. The number of ether oxygens (including phenoxy) is 3. The van der Waals surface area contributed by atoms with Gasteiger partial charge in [-0.2, -0.15) is 0 Å². The van der Waals surface area contributed by atoms with Crippen molar-refractivity contribution in [3.05, 3.63) is 64.5 Å². The lowest BCUT2D eigenvalue weighted by molar-refractivity contribution is 0.0511. The molecule has 1 saturated heterocycles. The number of rotatable bonds is 5. The van der Waals surface area contributed by atoms with E-state index in [1.807, 2.05) is 30.3 Å². The third-order valence-electron chi connectivity index (χ3n) is 5.49. The van der Waals surface area contributed by atoms with E-state index in [0.29, 0.717) is 18.8 Å². The molecule has 162 valence electrons. The van der Waals surface area contributed by atoms with Gasteiger partial charge in [-0.15, -0.1) is 0 Å². The van der Waals surface area contributed by atoms with E-state index in [4.69, 9.17) is 19.2 Å². The van der Waals surface area contributed by atoms with Crippen LogP contribution in [0.2, 0.25) is 0 Å². The van der Waals surface area contributed by atoms with Gasteiger partial charge in [-0.3, -0.25) is 9.78 Å². The number of aryl methyl sites for hydroxylation is 1. The molecule has 0 unspecified atom stereocenters. The number of carbonyl (C=O) groups excluding carboxylic acids is 1. The molecule has 0 bridgehead atoms. The Bertz CT molecular complexity index is 1010. The summed E-state index contributed by atoms with van der Waals surface area (Å²) in [6.07, 6.45) is 4.09. The van der Waals surface area contributed by atoms with Crippen molar-refractivity contribution in [2.45, 2.75) is 19.8 Å². The maximum absolute atomic E-state index is 11.3. The first-order valence-corrected chi connectivity index (χ1v) is 10.5. The molecular formula is C24H27N3O4. The lowest BCUT2D eigenvalue weighted by atomic mass is 9.96. The van der Waals surface area contributed by atoms with Crippen LogP contribution < -0.4 is 4.74 Å². The van der Waals surface area contributed by atoms with Crippen LogP contribution in [0.15, 0.2) is 47.1 Å². The predicted molar refractivity (Wildman–Crippen MR) is 118 cm³/mol. The van der Waals surface area contributed by atoms with Crippen molar-refractivity contribution in [3.8, 4) is 5.75 Å².